The Labute approximate surface area is 241 Å². The molecule has 5 N–H and O–H groups in total. The molecule has 41 heavy (non-hydrogen) atoms. The first-order chi connectivity index (χ1) is 19.7. The number of carboxylic acids is 2. The van der Waals surface area contributed by atoms with Crippen LogP contribution in [0, 0.1) is 5.92 Å². The molecule has 0 radical (unpaired) electrons. The highest BCUT2D eigenvalue weighted by Crippen LogP contribution is 2.25. The zero-order valence-corrected chi connectivity index (χ0v) is 24.0. The van der Waals surface area contributed by atoms with E-state index in [0.717, 1.165) is 75.6 Å². The molecule has 2 atom stereocenters. The second-order valence-electron chi connectivity index (χ2n) is 11.1. The number of hydrogen-bond acceptors (Lipinski definition) is 6. The molecule has 0 saturated carbocycles. The summed E-state index contributed by atoms with van der Waals surface area (Å²) >= 11 is 0. The molecular weight excluding hydrogens is 528 g/mol. The van der Waals surface area contributed by atoms with Gasteiger partial charge in [0, 0.05) is 19.4 Å². The van der Waals surface area contributed by atoms with Gasteiger partial charge in [-0.05, 0) is 94.0 Å². The highest BCUT2D eigenvalue weighted by atomic mass is 16.4. The average Bonchev–Trinajstić information content (AvgIpc) is 2.95. The van der Waals surface area contributed by atoms with Gasteiger partial charge in [-0.25, -0.2) is 4.79 Å². The predicted molar refractivity (Wildman–Crippen MR) is 152 cm³/mol. The van der Waals surface area contributed by atoms with E-state index in [9.17, 15) is 34.2 Å². The molecule has 0 aromatic heterocycles. The van der Waals surface area contributed by atoms with Gasteiger partial charge in [-0.2, -0.15) is 0 Å². The van der Waals surface area contributed by atoms with Gasteiger partial charge in [0.05, 0.1) is 13.0 Å². The fraction of sp³-hybridized carbons (Fsp3) is 0.633. The molecule has 0 bridgehead atoms. The van der Waals surface area contributed by atoms with E-state index >= 15 is 0 Å². The van der Waals surface area contributed by atoms with Crippen molar-refractivity contribution in [3.63, 3.8) is 0 Å². The normalized spacial score (nSPS) is 16.6. The van der Waals surface area contributed by atoms with Crippen molar-refractivity contribution in [2.45, 2.75) is 89.6 Å². The summed E-state index contributed by atoms with van der Waals surface area (Å²) in [6.45, 7) is 3.71. The van der Waals surface area contributed by atoms with Crippen LogP contribution >= 0.6 is 0 Å². The number of fused-ring (bicyclic) bond motifs is 1. The molecule has 226 valence electrons. The Balaban J connectivity index is 1.57. The Hall–Kier alpha value is -3.47. The topological polar surface area (TPSA) is 165 Å². The van der Waals surface area contributed by atoms with Crippen molar-refractivity contribution in [1.29, 1.82) is 0 Å². The quantitative estimate of drug-likeness (QED) is 0.212. The summed E-state index contributed by atoms with van der Waals surface area (Å²) < 4.78 is 0. The number of likely N-dealkylation sites (N-methyl/N-ethyl adjacent to an activating group) is 1. The van der Waals surface area contributed by atoms with E-state index in [4.69, 9.17) is 0 Å². The first kappa shape index (κ1) is 32.0. The smallest absolute Gasteiger partial charge is 0.326 e. The van der Waals surface area contributed by atoms with Crippen LogP contribution in [-0.4, -0.2) is 83.0 Å². The van der Waals surface area contributed by atoms with Crippen LogP contribution in [0.25, 0.3) is 0 Å². The zero-order valence-electron chi connectivity index (χ0n) is 24.0. The predicted octanol–water partition coefficient (Wildman–Crippen LogP) is 1.66. The summed E-state index contributed by atoms with van der Waals surface area (Å²) in [6, 6.07) is 2.98. The summed E-state index contributed by atoms with van der Waals surface area (Å²) in [6.07, 6.45) is 7.36. The maximum Gasteiger partial charge on any atom is 0.326 e. The monoisotopic (exact) mass is 572 g/mol. The molecule has 1 aliphatic heterocycles. The lowest BCUT2D eigenvalue weighted by Gasteiger charge is -2.25. The third kappa shape index (κ3) is 10.1. The molecule has 3 rings (SSSR count). The minimum Gasteiger partial charge on any atom is -0.481 e. The largest absolute Gasteiger partial charge is 0.481 e. The Morgan fingerprint density at radius 2 is 1.76 bits per heavy atom. The van der Waals surface area contributed by atoms with Gasteiger partial charge in [-0.15, -0.1) is 0 Å². The lowest BCUT2D eigenvalue weighted by Crippen LogP contribution is -2.54. The molecule has 11 heteroatoms. The van der Waals surface area contributed by atoms with Gasteiger partial charge in [-0.1, -0.05) is 18.2 Å². The highest BCUT2D eigenvalue weighted by Gasteiger charge is 2.30. The van der Waals surface area contributed by atoms with Crippen LogP contribution in [0.4, 0.5) is 0 Å². The molecule has 1 aromatic rings. The number of rotatable bonds is 15. The second-order valence-corrected chi connectivity index (χ2v) is 11.1. The maximum absolute atomic E-state index is 13.1. The summed E-state index contributed by atoms with van der Waals surface area (Å²) in [7, 11) is 0. The van der Waals surface area contributed by atoms with Crippen molar-refractivity contribution >= 4 is 29.7 Å². The number of piperidine rings is 1. The van der Waals surface area contributed by atoms with Crippen LogP contribution in [0.3, 0.4) is 0 Å². The number of aryl methyl sites for hydroxylation is 1. The van der Waals surface area contributed by atoms with Crippen LogP contribution in [-0.2, 0) is 43.2 Å². The number of carbonyl (C=O) groups excluding carboxylic acids is 3. The minimum atomic E-state index is -1.49. The van der Waals surface area contributed by atoms with Crippen LogP contribution < -0.4 is 16.0 Å². The fourth-order valence-electron chi connectivity index (χ4n) is 5.79. The molecule has 11 nitrogen and oxygen atoms in total. The molecule has 1 aliphatic carbocycles. The van der Waals surface area contributed by atoms with Gasteiger partial charge in [0.25, 0.3) is 0 Å². The van der Waals surface area contributed by atoms with Crippen LogP contribution in [0.2, 0.25) is 0 Å². The fourth-order valence-corrected chi connectivity index (χ4v) is 5.79. The van der Waals surface area contributed by atoms with E-state index in [2.05, 4.69) is 16.0 Å². The Kier molecular flexibility index (Phi) is 12.6. The van der Waals surface area contributed by atoms with Crippen molar-refractivity contribution in [2.24, 2.45) is 5.92 Å². The number of nitrogens with zero attached hydrogens (tertiary/aromatic N) is 1. The second kappa shape index (κ2) is 16.1. The standard InChI is InChI=1S/C30H44N4O7/c1-2-34(27(36)12-5-7-20-13-15-31-16-14-20)19-26(35)32-24(18-28(37)38)29(39)33-25(30(40)41)17-22-10-6-9-21-8-3-4-11-23(21)22/h6,9-10,20,24-25,31H,2-5,7-8,11-19H2,1H3,(H,32,35)(H,33,39)(H,37,38)(H,40,41). The van der Waals surface area contributed by atoms with Crippen molar-refractivity contribution in [3.8, 4) is 0 Å². The van der Waals surface area contributed by atoms with E-state index in [0.29, 0.717) is 12.3 Å². The third-order valence-corrected chi connectivity index (χ3v) is 8.09. The first-order valence-corrected chi connectivity index (χ1v) is 14.8. The number of hydrogen-bond donors (Lipinski definition) is 5. The molecule has 1 fully saturated rings. The number of amides is 3. The lowest BCUT2D eigenvalue weighted by molar-refractivity contribution is -0.144. The van der Waals surface area contributed by atoms with E-state index in [1.165, 1.54) is 10.5 Å². The minimum absolute atomic E-state index is 0.0491. The third-order valence-electron chi connectivity index (χ3n) is 8.09. The highest BCUT2D eigenvalue weighted by molar-refractivity contribution is 5.94. The van der Waals surface area contributed by atoms with Crippen molar-refractivity contribution in [3.05, 3.63) is 34.9 Å². The Morgan fingerprint density at radius 3 is 2.44 bits per heavy atom. The molecule has 3 amide bonds. The molecule has 1 heterocycles. The van der Waals surface area contributed by atoms with E-state index in [1.54, 1.807) is 6.92 Å². The van der Waals surface area contributed by atoms with Gasteiger partial charge < -0.3 is 31.1 Å². The number of carbonyl (C=O) groups is 5. The van der Waals surface area contributed by atoms with E-state index in [1.807, 2.05) is 18.2 Å². The Bertz CT molecular complexity index is 1090. The molecule has 2 unspecified atom stereocenters. The van der Waals surface area contributed by atoms with Gasteiger partial charge in [0.1, 0.15) is 12.1 Å². The van der Waals surface area contributed by atoms with Crippen LogP contribution in [0.15, 0.2) is 18.2 Å². The van der Waals surface area contributed by atoms with Crippen LogP contribution in [0.1, 0.15) is 75.0 Å². The summed E-state index contributed by atoms with van der Waals surface area (Å²) in [4.78, 5) is 63.5. The number of nitrogens with one attached hydrogen (secondary N) is 3. The molecule has 0 spiro atoms. The van der Waals surface area contributed by atoms with Gasteiger partial charge in [-0.3, -0.25) is 19.2 Å². The van der Waals surface area contributed by atoms with Gasteiger partial charge in [0.2, 0.25) is 17.7 Å². The maximum atomic E-state index is 13.1. The van der Waals surface area contributed by atoms with Crippen molar-refractivity contribution < 1.29 is 34.2 Å². The average molecular weight is 573 g/mol. The molecule has 2 aliphatic rings. The Morgan fingerprint density at radius 1 is 1.02 bits per heavy atom. The summed E-state index contributed by atoms with van der Waals surface area (Å²) in [5.74, 6) is -3.72. The van der Waals surface area contributed by atoms with Crippen LogP contribution in [0.5, 0.6) is 0 Å². The van der Waals surface area contributed by atoms with Gasteiger partial charge >= 0.3 is 11.9 Å². The number of aliphatic carboxylic acids is 2. The van der Waals surface area contributed by atoms with Crippen molar-refractivity contribution in [2.75, 3.05) is 26.2 Å². The lowest BCUT2D eigenvalue weighted by atomic mass is 9.86. The number of benzene rings is 1. The van der Waals surface area contributed by atoms with E-state index < -0.39 is 42.3 Å². The molecule has 1 saturated heterocycles. The SMILES string of the molecule is CCN(CC(=O)NC(CC(=O)O)C(=O)NC(Cc1cccc2c1CCCC2)C(=O)O)C(=O)CCCC1CCNCC1. The summed E-state index contributed by atoms with van der Waals surface area (Å²) in [5.41, 5.74) is 3.13. The number of carboxylic acid groups (broad SMARTS) is 2. The molecule has 1 aromatic carbocycles. The zero-order chi connectivity index (χ0) is 29.8. The first-order valence-electron chi connectivity index (χ1n) is 14.8. The van der Waals surface area contributed by atoms with Crippen molar-refractivity contribution in [1.82, 2.24) is 20.9 Å². The van der Waals surface area contributed by atoms with E-state index in [-0.39, 0.29) is 25.4 Å². The molecular formula is C30H44N4O7. The van der Waals surface area contributed by atoms with Gasteiger partial charge in [0.15, 0.2) is 0 Å². The summed E-state index contributed by atoms with van der Waals surface area (Å²) in [5, 5.41) is 27.4.